The van der Waals surface area contributed by atoms with Gasteiger partial charge in [-0.25, -0.2) is 0 Å². The molecular formula is C13H24OSi. The fourth-order valence-electron chi connectivity index (χ4n) is 3.53. The van der Waals surface area contributed by atoms with E-state index in [0.29, 0.717) is 17.1 Å². The molecule has 2 saturated carbocycles. The van der Waals surface area contributed by atoms with E-state index >= 15 is 0 Å². The molecule has 0 heterocycles. The molecule has 0 aromatic heterocycles. The van der Waals surface area contributed by atoms with Crippen molar-refractivity contribution in [3.8, 4) is 0 Å². The zero-order valence-electron chi connectivity index (χ0n) is 10.4. The van der Waals surface area contributed by atoms with Gasteiger partial charge in [0.1, 0.15) is 5.78 Å². The van der Waals surface area contributed by atoms with Crippen LogP contribution in [0.5, 0.6) is 0 Å². The summed E-state index contributed by atoms with van der Waals surface area (Å²) in [6, 6.07) is 1.24. The van der Waals surface area contributed by atoms with E-state index in [-0.39, 0.29) is 0 Å². The molecule has 86 valence electrons. The standard InChI is InChI=1S/C13H24OSi/c1-15(2,3)10-11-12(14)9-13(11)7-5-4-6-8-13/h11H,4-10H2,1-3H3. The predicted octanol–water partition coefficient (Wildman–Crippen LogP) is 3.86. The molecule has 1 spiro atoms. The van der Waals surface area contributed by atoms with Crippen LogP contribution in [0, 0.1) is 11.3 Å². The summed E-state index contributed by atoms with van der Waals surface area (Å²) in [7, 11) is -1.06. The molecular weight excluding hydrogens is 200 g/mol. The molecule has 0 aliphatic heterocycles. The molecule has 2 fully saturated rings. The molecule has 0 saturated heterocycles. The first-order valence-corrected chi connectivity index (χ1v) is 10.2. The van der Waals surface area contributed by atoms with Crippen LogP contribution >= 0.6 is 0 Å². The molecule has 2 rings (SSSR count). The van der Waals surface area contributed by atoms with E-state index in [0.717, 1.165) is 6.42 Å². The van der Waals surface area contributed by atoms with Gasteiger partial charge in [0, 0.05) is 20.4 Å². The molecule has 15 heavy (non-hydrogen) atoms. The number of ketones is 1. The van der Waals surface area contributed by atoms with Crippen molar-refractivity contribution in [1.29, 1.82) is 0 Å². The van der Waals surface area contributed by atoms with E-state index < -0.39 is 8.07 Å². The van der Waals surface area contributed by atoms with Crippen molar-refractivity contribution in [3.63, 3.8) is 0 Å². The second kappa shape index (κ2) is 3.72. The van der Waals surface area contributed by atoms with Gasteiger partial charge in [0.15, 0.2) is 0 Å². The summed E-state index contributed by atoms with van der Waals surface area (Å²) < 4.78 is 0. The van der Waals surface area contributed by atoms with Crippen LogP contribution in [-0.2, 0) is 4.79 Å². The number of hydrogen-bond donors (Lipinski definition) is 0. The second-order valence-electron chi connectivity index (χ2n) is 6.88. The summed E-state index contributed by atoms with van der Waals surface area (Å²) in [4.78, 5) is 11.8. The summed E-state index contributed by atoms with van der Waals surface area (Å²) >= 11 is 0. The molecule has 0 amide bonds. The van der Waals surface area contributed by atoms with Crippen molar-refractivity contribution in [3.05, 3.63) is 0 Å². The van der Waals surface area contributed by atoms with Crippen LogP contribution in [0.25, 0.3) is 0 Å². The molecule has 0 aromatic carbocycles. The molecule has 2 heteroatoms. The van der Waals surface area contributed by atoms with Crippen LogP contribution in [0.4, 0.5) is 0 Å². The van der Waals surface area contributed by atoms with Crippen LogP contribution in [-0.4, -0.2) is 13.9 Å². The van der Waals surface area contributed by atoms with Crippen LogP contribution in [0.2, 0.25) is 25.7 Å². The van der Waals surface area contributed by atoms with E-state index in [1.807, 2.05) is 0 Å². The monoisotopic (exact) mass is 224 g/mol. The minimum absolute atomic E-state index is 0.462. The van der Waals surface area contributed by atoms with Crippen molar-refractivity contribution < 1.29 is 4.79 Å². The average Bonchev–Trinajstić information content (AvgIpc) is 2.15. The molecule has 1 atom stereocenters. The Bertz CT molecular complexity index is 258. The lowest BCUT2D eigenvalue weighted by Gasteiger charge is -2.52. The number of Topliss-reactive ketones (excluding diaryl/α,β-unsaturated/α-hetero) is 1. The Morgan fingerprint density at radius 2 is 1.80 bits per heavy atom. The molecule has 0 aromatic rings. The third kappa shape index (κ3) is 2.20. The largest absolute Gasteiger partial charge is 0.299 e. The molecule has 2 aliphatic carbocycles. The maximum absolute atomic E-state index is 11.8. The van der Waals surface area contributed by atoms with E-state index in [4.69, 9.17) is 0 Å². The van der Waals surface area contributed by atoms with Crippen molar-refractivity contribution in [2.24, 2.45) is 11.3 Å². The average molecular weight is 224 g/mol. The van der Waals surface area contributed by atoms with Crippen molar-refractivity contribution >= 4 is 13.9 Å². The van der Waals surface area contributed by atoms with E-state index in [2.05, 4.69) is 19.6 Å². The van der Waals surface area contributed by atoms with Gasteiger partial charge in [-0.15, -0.1) is 0 Å². The Morgan fingerprint density at radius 3 is 2.27 bits per heavy atom. The van der Waals surface area contributed by atoms with Crippen molar-refractivity contribution in [1.82, 2.24) is 0 Å². The summed E-state index contributed by atoms with van der Waals surface area (Å²) in [5, 5.41) is 0. The second-order valence-corrected chi connectivity index (χ2v) is 12.4. The number of carbonyl (C=O) groups is 1. The maximum Gasteiger partial charge on any atom is 0.136 e. The van der Waals surface area contributed by atoms with Gasteiger partial charge in [-0.05, 0) is 24.3 Å². The van der Waals surface area contributed by atoms with Gasteiger partial charge < -0.3 is 0 Å². The highest BCUT2D eigenvalue weighted by Crippen LogP contribution is 2.56. The van der Waals surface area contributed by atoms with Crippen LogP contribution < -0.4 is 0 Å². The quantitative estimate of drug-likeness (QED) is 0.651. The van der Waals surface area contributed by atoms with E-state index in [1.54, 1.807) is 0 Å². The van der Waals surface area contributed by atoms with Gasteiger partial charge in [-0.1, -0.05) is 38.9 Å². The zero-order valence-corrected chi connectivity index (χ0v) is 11.4. The highest BCUT2D eigenvalue weighted by atomic mass is 28.3. The Labute approximate surface area is 94.6 Å². The van der Waals surface area contributed by atoms with Crippen LogP contribution in [0.15, 0.2) is 0 Å². The normalized spacial score (nSPS) is 30.3. The molecule has 0 bridgehead atoms. The fraction of sp³-hybridized carbons (Fsp3) is 0.923. The molecule has 2 aliphatic rings. The highest BCUT2D eigenvalue weighted by molar-refractivity contribution is 6.76. The minimum Gasteiger partial charge on any atom is -0.299 e. The van der Waals surface area contributed by atoms with Crippen molar-refractivity contribution in [2.75, 3.05) is 0 Å². The number of hydrogen-bond acceptors (Lipinski definition) is 1. The van der Waals surface area contributed by atoms with Gasteiger partial charge in [-0.3, -0.25) is 4.79 Å². The lowest BCUT2D eigenvalue weighted by molar-refractivity contribution is -0.144. The summed E-state index contributed by atoms with van der Waals surface area (Å²) in [6.07, 6.45) is 7.74. The zero-order chi connectivity index (χ0) is 11.1. The first kappa shape index (κ1) is 11.4. The number of rotatable bonds is 2. The maximum atomic E-state index is 11.8. The van der Waals surface area contributed by atoms with E-state index in [1.165, 1.54) is 38.1 Å². The molecule has 0 N–H and O–H groups in total. The van der Waals surface area contributed by atoms with Crippen LogP contribution in [0.3, 0.4) is 0 Å². The first-order valence-electron chi connectivity index (χ1n) is 6.46. The SMILES string of the molecule is C[Si](C)(C)CC1C(=O)CC12CCCCC2. The Balaban J connectivity index is 2.05. The van der Waals surface area contributed by atoms with Crippen LogP contribution in [0.1, 0.15) is 38.5 Å². The summed E-state index contributed by atoms with van der Waals surface area (Å²) in [5.41, 5.74) is 0.482. The minimum atomic E-state index is -1.06. The molecule has 1 unspecified atom stereocenters. The topological polar surface area (TPSA) is 17.1 Å². The molecule has 1 nitrogen and oxygen atoms in total. The first-order chi connectivity index (χ1) is 6.93. The smallest absolute Gasteiger partial charge is 0.136 e. The Kier molecular flexibility index (Phi) is 2.82. The fourth-order valence-corrected chi connectivity index (χ4v) is 5.41. The van der Waals surface area contributed by atoms with Gasteiger partial charge >= 0.3 is 0 Å². The predicted molar refractivity (Wildman–Crippen MR) is 66.8 cm³/mol. The third-order valence-electron chi connectivity index (χ3n) is 4.32. The lowest BCUT2D eigenvalue weighted by Crippen LogP contribution is -2.52. The van der Waals surface area contributed by atoms with Gasteiger partial charge in [0.05, 0.1) is 0 Å². The Hall–Kier alpha value is -0.113. The lowest BCUT2D eigenvalue weighted by atomic mass is 9.54. The molecule has 0 radical (unpaired) electrons. The van der Waals surface area contributed by atoms with Gasteiger partial charge in [0.2, 0.25) is 0 Å². The third-order valence-corrected chi connectivity index (χ3v) is 5.95. The highest BCUT2D eigenvalue weighted by Gasteiger charge is 2.53. The summed E-state index contributed by atoms with van der Waals surface area (Å²) in [5.74, 6) is 1.05. The van der Waals surface area contributed by atoms with Gasteiger partial charge in [-0.2, -0.15) is 0 Å². The van der Waals surface area contributed by atoms with Crippen molar-refractivity contribution in [2.45, 2.75) is 64.2 Å². The Morgan fingerprint density at radius 1 is 1.20 bits per heavy atom. The summed E-state index contributed by atoms with van der Waals surface area (Å²) in [6.45, 7) is 7.19. The van der Waals surface area contributed by atoms with E-state index in [9.17, 15) is 4.79 Å². The van der Waals surface area contributed by atoms with Gasteiger partial charge in [0.25, 0.3) is 0 Å². The number of carbonyl (C=O) groups excluding carboxylic acids is 1.